The van der Waals surface area contributed by atoms with Gasteiger partial charge in [-0.1, -0.05) is 18.0 Å². The molecule has 5 rings (SSSR count). The normalized spacial score (nSPS) is 16.5. The molecule has 2 aromatic carbocycles. The van der Waals surface area contributed by atoms with Crippen LogP contribution in [0.5, 0.6) is 0 Å². The maximum absolute atomic E-state index is 14.8. The molecule has 0 spiro atoms. The molecule has 0 saturated carbocycles. The van der Waals surface area contributed by atoms with Gasteiger partial charge in [0.2, 0.25) is 5.91 Å². The Bertz CT molecular complexity index is 1710. The molecule has 16 heteroatoms. The van der Waals surface area contributed by atoms with E-state index in [2.05, 4.69) is 46.2 Å². The minimum Gasteiger partial charge on any atom is -0.453 e. The van der Waals surface area contributed by atoms with Gasteiger partial charge in [-0.05, 0) is 65.7 Å². The molecule has 2 bridgehead atoms. The molecule has 44 heavy (non-hydrogen) atoms. The smallest absolute Gasteiger partial charge is 0.411 e. The topological polar surface area (TPSA) is 169 Å². The zero-order valence-corrected chi connectivity index (χ0v) is 23.9. The lowest BCUT2D eigenvalue weighted by Gasteiger charge is -2.18. The SMILES string of the molecule is COC(=O)Nc1ccc2c(c1)NC(=O)C(F)(F)CCCCC(NC(=O)/C=C/c1cc(Cl)ccc1-n1cnnn1)c1nc-2c[nH]1. The van der Waals surface area contributed by atoms with E-state index < -0.39 is 36.3 Å². The molecular weight excluding hydrogens is 600 g/mol. The molecule has 1 unspecified atom stereocenters. The maximum Gasteiger partial charge on any atom is 0.411 e. The zero-order chi connectivity index (χ0) is 31.3. The van der Waals surface area contributed by atoms with Crippen LogP contribution in [0.15, 0.2) is 55.0 Å². The van der Waals surface area contributed by atoms with Crippen LogP contribution >= 0.6 is 11.6 Å². The Morgan fingerprint density at radius 1 is 1.20 bits per heavy atom. The summed E-state index contributed by atoms with van der Waals surface area (Å²) in [6.07, 6.45) is 4.88. The van der Waals surface area contributed by atoms with Crippen molar-refractivity contribution in [3.8, 4) is 16.9 Å². The number of aromatic nitrogens is 6. The Labute approximate surface area is 254 Å². The van der Waals surface area contributed by atoms with Gasteiger partial charge >= 0.3 is 12.0 Å². The number of imidazole rings is 1. The quantitative estimate of drug-likeness (QED) is 0.227. The standard InChI is InChI=1S/C28H26ClF2N9O4/c1-44-27(43)34-18-7-8-19-21(13-18)37-26(42)28(30,31)11-3-2-4-20(25-32-14-22(19)36-25)35-24(41)10-5-16-12-17(29)6-9-23(16)40-15-33-38-39-40/h5-10,12-15,20H,2-4,11H2,1H3,(H,32,36)(H,34,43)(H,35,41)(H,37,42)/b10-5+. The fraction of sp³-hybridized carbons (Fsp3) is 0.250. The van der Waals surface area contributed by atoms with Crippen LogP contribution in [0.25, 0.3) is 23.0 Å². The third-order valence-electron chi connectivity index (χ3n) is 6.79. The summed E-state index contributed by atoms with van der Waals surface area (Å²) in [5.41, 5.74) is 2.01. The Kier molecular flexibility index (Phi) is 8.94. The number of hydrogen-bond acceptors (Lipinski definition) is 8. The number of aromatic amines is 1. The Hall–Kier alpha value is -5.18. The van der Waals surface area contributed by atoms with Crippen LogP contribution in [-0.4, -0.2) is 61.1 Å². The summed E-state index contributed by atoms with van der Waals surface area (Å²) in [6, 6.07) is 8.71. The fourth-order valence-electron chi connectivity index (χ4n) is 4.60. The van der Waals surface area contributed by atoms with Crippen molar-refractivity contribution >= 4 is 47.0 Å². The first-order valence-corrected chi connectivity index (χ1v) is 13.8. The van der Waals surface area contributed by atoms with E-state index in [1.54, 1.807) is 24.3 Å². The van der Waals surface area contributed by atoms with Gasteiger partial charge in [-0.3, -0.25) is 14.9 Å². The number of alkyl halides is 2. The molecule has 0 radical (unpaired) electrons. The van der Waals surface area contributed by atoms with Crippen LogP contribution < -0.4 is 16.0 Å². The monoisotopic (exact) mass is 625 g/mol. The molecule has 0 saturated heterocycles. The highest BCUT2D eigenvalue weighted by Crippen LogP contribution is 2.34. The van der Waals surface area contributed by atoms with E-state index >= 15 is 0 Å². The minimum absolute atomic E-state index is 0.00398. The summed E-state index contributed by atoms with van der Waals surface area (Å²) in [7, 11) is 1.18. The number of anilines is 2. The predicted molar refractivity (Wildman–Crippen MR) is 156 cm³/mol. The van der Waals surface area contributed by atoms with E-state index in [1.807, 2.05) is 0 Å². The number of hydrogen-bond donors (Lipinski definition) is 4. The van der Waals surface area contributed by atoms with Gasteiger partial charge in [0, 0.05) is 40.5 Å². The average Bonchev–Trinajstić information content (AvgIpc) is 3.71. The van der Waals surface area contributed by atoms with E-state index in [0.29, 0.717) is 33.4 Å². The van der Waals surface area contributed by atoms with Crippen LogP contribution in [0.4, 0.5) is 25.0 Å². The van der Waals surface area contributed by atoms with Crippen molar-refractivity contribution in [2.75, 3.05) is 17.7 Å². The number of fused-ring (bicyclic) bond motifs is 4. The first kappa shape index (κ1) is 30.3. The number of nitrogens with one attached hydrogen (secondary N) is 4. The number of nitrogens with zero attached hydrogens (tertiary/aromatic N) is 5. The van der Waals surface area contributed by atoms with Crippen molar-refractivity contribution in [3.05, 3.63) is 71.4 Å². The lowest BCUT2D eigenvalue weighted by atomic mass is 10.0. The van der Waals surface area contributed by atoms with Crippen LogP contribution in [0.3, 0.4) is 0 Å². The Balaban J connectivity index is 1.42. The second-order valence-electron chi connectivity index (χ2n) is 9.80. The van der Waals surface area contributed by atoms with Gasteiger partial charge in [-0.2, -0.15) is 13.5 Å². The number of benzene rings is 2. The van der Waals surface area contributed by atoms with E-state index in [1.165, 1.54) is 48.6 Å². The van der Waals surface area contributed by atoms with Crippen LogP contribution in [0, 0.1) is 0 Å². The van der Waals surface area contributed by atoms with Gasteiger partial charge in [0.05, 0.1) is 30.2 Å². The number of tetrazole rings is 1. The lowest BCUT2D eigenvalue weighted by molar-refractivity contribution is -0.140. The highest BCUT2D eigenvalue weighted by molar-refractivity contribution is 6.30. The molecule has 4 N–H and O–H groups in total. The number of methoxy groups -OCH3 is 1. The molecule has 228 valence electrons. The van der Waals surface area contributed by atoms with Crippen LogP contribution in [0.2, 0.25) is 5.02 Å². The molecular formula is C28H26ClF2N9O4. The zero-order valence-electron chi connectivity index (χ0n) is 23.2. The second kappa shape index (κ2) is 13.0. The first-order chi connectivity index (χ1) is 21.1. The summed E-state index contributed by atoms with van der Waals surface area (Å²) in [5.74, 6) is -5.23. The van der Waals surface area contributed by atoms with Gasteiger partial charge in [-0.15, -0.1) is 5.10 Å². The van der Waals surface area contributed by atoms with E-state index in [-0.39, 0.29) is 30.6 Å². The maximum atomic E-state index is 14.8. The molecule has 4 aromatic rings. The van der Waals surface area contributed by atoms with Crippen molar-refractivity contribution < 1.29 is 27.9 Å². The van der Waals surface area contributed by atoms with E-state index in [4.69, 9.17) is 11.6 Å². The minimum atomic E-state index is -3.66. The molecule has 1 atom stereocenters. The highest BCUT2D eigenvalue weighted by Gasteiger charge is 2.38. The highest BCUT2D eigenvalue weighted by atomic mass is 35.5. The molecule has 3 heterocycles. The summed E-state index contributed by atoms with van der Waals surface area (Å²) in [5, 5.41) is 19.2. The number of ether oxygens (including phenoxy) is 1. The molecule has 2 aromatic heterocycles. The van der Waals surface area contributed by atoms with Gasteiger partial charge in [0.15, 0.2) is 0 Å². The molecule has 13 nitrogen and oxygen atoms in total. The molecule has 1 aliphatic rings. The average molecular weight is 626 g/mol. The van der Waals surface area contributed by atoms with Crippen molar-refractivity contribution in [1.29, 1.82) is 0 Å². The van der Waals surface area contributed by atoms with Crippen molar-refractivity contribution in [2.24, 2.45) is 0 Å². The number of H-pyrrole nitrogens is 1. The summed E-state index contributed by atoms with van der Waals surface area (Å²) >= 11 is 6.17. The number of carbonyl (C=O) groups excluding carboxylic acids is 3. The molecule has 3 amide bonds. The Morgan fingerprint density at radius 2 is 2.05 bits per heavy atom. The van der Waals surface area contributed by atoms with Crippen molar-refractivity contribution in [2.45, 2.75) is 37.6 Å². The number of carbonyl (C=O) groups is 3. The fourth-order valence-corrected chi connectivity index (χ4v) is 4.78. The largest absolute Gasteiger partial charge is 0.453 e. The third kappa shape index (κ3) is 7.06. The van der Waals surface area contributed by atoms with Gasteiger partial charge in [0.25, 0.3) is 5.91 Å². The molecule has 0 aliphatic carbocycles. The van der Waals surface area contributed by atoms with Crippen LogP contribution in [-0.2, 0) is 14.3 Å². The predicted octanol–water partition coefficient (Wildman–Crippen LogP) is 4.90. The van der Waals surface area contributed by atoms with Gasteiger partial charge in [0.1, 0.15) is 12.2 Å². The van der Waals surface area contributed by atoms with Crippen molar-refractivity contribution in [3.63, 3.8) is 0 Å². The molecule has 0 fully saturated rings. The first-order valence-electron chi connectivity index (χ1n) is 13.4. The Morgan fingerprint density at radius 3 is 2.82 bits per heavy atom. The van der Waals surface area contributed by atoms with Gasteiger partial charge < -0.3 is 20.4 Å². The number of halogens is 3. The van der Waals surface area contributed by atoms with E-state index in [9.17, 15) is 23.2 Å². The third-order valence-corrected chi connectivity index (χ3v) is 7.02. The van der Waals surface area contributed by atoms with Crippen molar-refractivity contribution in [1.82, 2.24) is 35.5 Å². The molecule has 1 aliphatic heterocycles. The second-order valence-corrected chi connectivity index (χ2v) is 10.2. The number of amides is 3. The number of rotatable bonds is 5. The summed E-state index contributed by atoms with van der Waals surface area (Å²) < 4.78 is 35.6. The summed E-state index contributed by atoms with van der Waals surface area (Å²) in [6.45, 7) is 0. The lowest BCUT2D eigenvalue weighted by Crippen LogP contribution is -2.34. The van der Waals surface area contributed by atoms with E-state index in [0.717, 1.165) is 0 Å². The summed E-state index contributed by atoms with van der Waals surface area (Å²) in [4.78, 5) is 45.0. The van der Waals surface area contributed by atoms with Gasteiger partial charge in [-0.25, -0.2) is 9.78 Å². The van der Waals surface area contributed by atoms with Crippen LogP contribution in [0.1, 0.15) is 43.1 Å².